The molecule has 3 heterocycles. The first kappa shape index (κ1) is 14.5. The molecule has 0 bridgehead atoms. The summed E-state index contributed by atoms with van der Waals surface area (Å²) in [5, 5.41) is 3.93. The SMILES string of the molecule is Cc1nc(CN2CCN(CC(=O)N3CCCC3)CC2)no1. The Morgan fingerprint density at radius 1 is 1.10 bits per heavy atom. The Hall–Kier alpha value is -1.47. The second-order valence-corrected chi connectivity index (χ2v) is 5.87. The molecule has 0 atom stereocenters. The van der Waals surface area contributed by atoms with E-state index in [0.29, 0.717) is 12.4 Å². The van der Waals surface area contributed by atoms with Gasteiger partial charge in [0.1, 0.15) is 0 Å². The Labute approximate surface area is 124 Å². The zero-order valence-corrected chi connectivity index (χ0v) is 12.6. The summed E-state index contributed by atoms with van der Waals surface area (Å²) in [6, 6.07) is 0. The van der Waals surface area contributed by atoms with E-state index < -0.39 is 0 Å². The van der Waals surface area contributed by atoms with Crippen molar-refractivity contribution in [1.82, 2.24) is 24.8 Å². The topological polar surface area (TPSA) is 65.7 Å². The van der Waals surface area contributed by atoms with Gasteiger partial charge in [-0.25, -0.2) is 0 Å². The van der Waals surface area contributed by atoms with Crippen molar-refractivity contribution in [2.45, 2.75) is 26.3 Å². The summed E-state index contributed by atoms with van der Waals surface area (Å²) in [7, 11) is 0. The third-order valence-electron chi connectivity index (χ3n) is 4.22. The molecular weight excluding hydrogens is 270 g/mol. The second-order valence-electron chi connectivity index (χ2n) is 5.87. The van der Waals surface area contributed by atoms with E-state index in [1.807, 2.05) is 4.90 Å². The number of aromatic nitrogens is 2. The second kappa shape index (κ2) is 6.53. The lowest BCUT2D eigenvalue weighted by Crippen LogP contribution is -2.49. The lowest BCUT2D eigenvalue weighted by atomic mass is 10.3. The maximum Gasteiger partial charge on any atom is 0.236 e. The fraction of sp³-hybridized carbons (Fsp3) is 0.786. The van der Waals surface area contributed by atoms with Crippen molar-refractivity contribution in [2.75, 3.05) is 45.8 Å². The average Bonchev–Trinajstić information content (AvgIpc) is 3.13. The summed E-state index contributed by atoms with van der Waals surface area (Å²) in [5.41, 5.74) is 0. The summed E-state index contributed by atoms with van der Waals surface area (Å²) < 4.78 is 4.99. The Morgan fingerprint density at radius 2 is 1.76 bits per heavy atom. The highest BCUT2D eigenvalue weighted by atomic mass is 16.5. The number of carbonyl (C=O) groups excluding carboxylic acids is 1. The van der Waals surface area contributed by atoms with Crippen LogP contribution in [0.1, 0.15) is 24.6 Å². The van der Waals surface area contributed by atoms with Gasteiger partial charge in [0.25, 0.3) is 0 Å². The Balaban J connectivity index is 1.41. The largest absolute Gasteiger partial charge is 0.342 e. The van der Waals surface area contributed by atoms with Crippen molar-refractivity contribution in [3.63, 3.8) is 0 Å². The smallest absolute Gasteiger partial charge is 0.236 e. The van der Waals surface area contributed by atoms with E-state index >= 15 is 0 Å². The molecule has 0 saturated carbocycles. The predicted molar refractivity (Wildman–Crippen MR) is 76.6 cm³/mol. The van der Waals surface area contributed by atoms with Crippen molar-refractivity contribution in [3.05, 3.63) is 11.7 Å². The molecule has 0 aromatic carbocycles. The van der Waals surface area contributed by atoms with Crippen molar-refractivity contribution in [2.24, 2.45) is 0 Å². The fourth-order valence-electron chi connectivity index (χ4n) is 2.97. The molecule has 2 aliphatic rings. The maximum atomic E-state index is 12.1. The van der Waals surface area contributed by atoms with Gasteiger partial charge in [-0.05, 0) is 12.8 Å². The molecule has 0 radical (unpaired) electrons. The van der Waals surface area contributed by atoms with E-state index in [0.717, 1.165) is 64.5 Å². The number of hydrogen-bond donors (Lipinski definition) is 0. The number of piperazine rings is 1. The predicted octanol–water partition coefficient (Wildman–Crippen LogP) is 0.118. The zero-order chi connectivity index (χ0) is 14.7. The minimum atomic E-state index is 0.287. The van der Waals surface area contributed by atoms with Crippen molar-refractivity contribution in [1.29, 1.82) is 0 Å². The van der Waals surface area contributed by atoms with Crippen LogP contribution in [-0.2, 0) is 11.3 Å². The lowest BCUT2D eigenvalue weighted by molar-refractivity contribution is -0.131. The van der Waals surface area contributed by atoms with Crippen LogP contribution in [0.15, 0.2) is 4.52 Å². The lowest BCUT2D eigenvalue weighted by Gasteiger charge is -2.34. The normalized spacial score (nSPS) is 21.1. The van der Waals surface area contributed by atoms with Crippen LogP contribution in [0.25, 0.3) is 0 Å². The van der Waals surface area contributed by atoms with Gasteiger partial charge < -0.3 is 9.42 Å². The highest BCUT2D eigenvalue weighted by Gasteiger charge is 2.23. The van der Waals surface area contributed by atoms with Gasteiger partial charge in [-0.3, -0.25) is 14.6 Å². The molecule has 1 aromatic rings. The van der Waals surface area contributed by atoms with Crippen molar-refractivity contribution < 1.29 is 9.32 Å². The highest BCUT2D eigenvalue weighted by Crippen LogP contribution is 2.10. The Bertz CT molecular complexity index is 475. The molecule has 2 saturated heterocycles. The summed E-state index contributed by atoms with van der Waals surface area (Å²) >= 11 is 0. The standard InChI is InChI=1S/C14H23N5O2/c1-12-15-13(16-21-12)10-17-6-8-18(9-7-17)11-14(20)19-4-2-3-5-19/h2-11H2,1H3. The van der Waals surface area contributed by atoms with Gasteiger partial charge in [0.15, 0.2) is 5.82 Å². The molecular formula is C14H23N5O2. The van der Waals surface area contributed by atoms with Crippen LogP contribution >= 0.6 is 0 Å². The first-order valence-corrected chi connectivity index (χ1v) is 7.72. The van der Waals surface area contributed by atoms with Gasteiger partial charge in [0, 0.05) is 46.2 Å². The van der Waals surface area contributed by atoms with Crippen LogP contribution < -0.4 is 0 Å². The van der Waals surface area contributed by atoms with Crippen LogP contribution in [-0.4, -0.2) is 76.6 Å². The van der Waals surface area contributed by atoms with Crippen LogP contribution in [0.3, 0.4) is 0 Å². The Morgan fingerprint density at radius 3 is 2.38 bits per heavy atom. The summed E-state index contributed by atoms with van der Waals surface area (Å²) in [6.45, 7) is 8.72. The van der Waals surface area contributed by atoms with E-state index in [1.165, 1.54) is 0 Å². The van der Waals surface area contributed by atoms with Gasteiger partial charge in [-0.2, -0.15) is 4.98 Å². The van der Waals surface area contributed by atoms with E-state index in [4.69, 9.17) is 4.52 Å². The molecule has 2 fully saturated rings. The molecule has 1 amide bonds. The van der Waals surface area contributed by atoms with Gasteiger partial charge in [0.05, 0.1) is 13.1 Å². The first-order valence-electron chi connectivity index (χ1n) is 7.72. The van der Waals surface area contributed by atoms with E-state index in [9.17, 15) is 4.79 Å². The number of rotatable bonds is 4. The first-order chi connectivity index (χ1) is 10.2. The Kier molecular flexibility index (Phi) is 4.50. The number of aryl methyl sites for hydroxylation is 1. The maximum absolute atomic E-state index is 12.1. The van der Waals surface area contributed by atoms with Gasteiger partial charge in [0.2, 0.25) is 11.8 Å². The highest BCUT2D eigenvalue weighted by molar-refractivity contribution is 5.78. The molecule has 21 heavy (non-hydrogen) atoms. The van der Waals surface area contributed by atoms with Crippen molar-refractivity contribution >= 4 is 5.91 Å². The number of amides is 1. The van der Waals surface area contributed by atoms with Gasteiger partial charge in [-0.15, -0.1) is 0 Å². The summed E-state index contributed by atoms with van der Waals surface area (Å²) in [5.74, 6) is 1.64. The fourth-order valence-corrected chi connectivity index (χ4v) is 2.97. The van der Waals surface area contributed by atoms with Crippen LogP contribution in [0.2, 0.25) is 0 Å². The molecule has 116 valence electrons. The number of nitrogens with zero attached hydrogens (tertiary/aromatic N) is 5. The average molecular weight is 293 g/mol. The van der Waals surface area contributed by atoms with Crippen molar-refractivity contribution in [3.8, 4) is 0 Å². The quantitative estimate of drug-likeness (QED) is 0.785. The molecule has 0 unspecified atom stereocenters. The summed E-state index contributed by atoms with van der Waals surface area (Å²) in [6.07, 6.45) is 2.31. The van der Waals surface area contributed by atoms with E-state index in [1.54, 1.807) is 6.92 Å². The van der Waals surface area contributed by atoms with Crippen LogP contribution in [0.5, 0.6) is 0 Å². The van der Waals surface area contributed by atoms with Gasteiger partial charge >= 0.3 is 0 Å². The number of likely N-dealkylation sites (tertiary alicyclic amines) is 1. The molecule has 7 nitrogen and oxygen atoms in total. The minimum absolute atomic E-state index is 0.287. The molecule has 0 spiro atoms. The molecule has 2 aliphatic heterocycles. The van der Waals surface area contributed by atoms with Crippen LogP contribution in [0.4, 0.5) is 0 Å². The molecule has 0 N–H and O–H groups in total. The minimum Gasteiger partial charge on any atom is -0.342 e. The van der Waals surface area contributed by atoms with Gasteiger partial charge in [-0.1, -0.05) is 5.16 Å². The third kappa shape index (κ3) is 3.79. The molecule has 3 rings (SSSR count). The van der Waals surface area contributed by atoms with E-state index in [-0.39, 0.29) is 5.91 Å². The molecule has 0 aliphatic carbocycles. The zero-order valence-electron chi connectivity index (χ0n) is 12.6. The summed E-state index contributed by atoms with van der Waals surface area (Å²) in [4.78, 5) is 22.9. The molecule has 1 aromatic heterocycles. The molecule has 7 heteroatoms. The third-order valence-corrected chi connectivity index (χ3v) is 4.22. The monoisotopic (exact) mass is 293 g/mol. The van der Waals surface area contributed by atoms with Crippen LogP contribution in [0, 0.1) is 6.92 Å². The van der Waals surface area contributed by atoms with E-state index in [2.05, 4.69) is 19.9 Å². The number of carbonyl (C=O) groups is 1. The number of hydrogen-bond acceptors (Lipinski definition) is 6.